The predicted molar refractivity (Wildman–Crippen MR) is 71.0 cm³/mol. The molecule has 0 aliphatic rings. The number of hydrogen-bond donors (Lipinski definition) is 0. The van der Waals surface area contributed by atoms with Crippen molar-refractivity contribution in [1.29, 1.82) is 0 Å². The van der Waals surface area contributed by atoms with Crippen LogP contribution in [0.5, 0.6) is 0 Å². The number of carbonyl (C=O) groups is 1. The van der Waals surface area contributed by atoms with Gasteiger partial charge in [-0.3, -0.25) is 0 Å². The first-order chi connectivity index (χ1) is 10.1. The van der Waals surface area contributed by atoms with Crippen LogP contribution in [0.2, 0.25) is 0 Å². The van der Waals surface area contributed by atoms with Crippen molar-refractivity contribution in [3.8, 4) is 0 Å². The van der Waals surface area contributed by atoms with Gasteiger partial charge in [-0.05, 0) is 24.6 Å². The fourth-order valence-corrected chi connectivity index (χ4v) is 2.03. The van der Waals surface area contributed by atoms with Crippen LogP contribution in [0.15, 0.2) is 18.2 Å². The third kappa shape index (κ3) is 3.36. The van der Waals surface area contributed by atoms with Crippen LogP contribution >= 0.6 is 11.6 Å². The van der Waals surface area contributed by atoms with Crippen LogP contribution in [0.1, 0.15) is 28.7 Å². The molecule has 0 unspecified atom stereocenters. The average Bonchev–Trinajstić information content (AvgIpc) is 2.86. The van der Waals surface area contributed by atoms with Gasteiger partial charge in [0.15, 0.2) is 17.3 Å². The number of halogens is 3. The first kappa shape index (κ1) is 15.4. The lowest BCUT2D eigenvalue weighted by atomic mass is 10.2. The molecular weight excluding hydrogens is 304 g/mol. The Labute approximate surface area is 124 Å². The molecule has 0 aliphatic carbocycles. The maximum atomic E-state index is 13.2. The molecule has 2 aromatic rings. The summed E-state index contributed by atoms with van der Waals surface area (Å²) in [5.74, 6) is -2.51. The largest absolute Gasteiger partial charge is 0.461 e. The second kappa shape index (κ2) is 6.62. The molecule has 0 N–H and O–H groups in total. The Morgan fingerprint density at radius 2 is 2.14 bits per heavy atom. The number of esters is 1. The first-order valence-electron chi connectivity index (χ1n) is 6.16. The van der Waals surface area contributed by atoms with Gasteiger partial charge < -0.3 is 4.74 Å². The molecule has 0 aliphatic heterocycles. The van der Waals surface area contributed by atoms with E-state index in [4.69, 9.17) is 16.3 Å². The molecule has 0 saturated carbocycles. The SMILES string of the molecule is CCOC(=O)c1nnn(Cc2ccc(F)c(F)c2)c1CCl. The number of benzene rings is 1. The van der Waals surface area contributed by atoms with Gasteiger partial charge in [0.2, 0.25) is 0 Å². The Hall–Kier alpha value is -2.02. The summed E-state index contributed by atoms with van der Waals surface area (Å²) in [6, 6.07) is 3.50. The fraction of sp³-hybridized carbons (Fsp3) is 0.308. The topological polar surface area (TPSA) is 57.0 Å². The smallest absolute Gasteiger partial charge is 0.360 e. The third-order valence-electron chi connectivity index (χ3n) is 2.75. The maximum Gasteiger partial charge on any atom is 0.360 e. The summed E-state index contributed by atoms with van der Waals surface area (Å²) < 4.78 is 32.3. The van der Waals surface area contributed by atoms with E-state index in [2.05, 4.69) is 10.3 Å². The summed E-state index contributed by atoms with van der Waals surface area (Å²) in [7, 11) is 0. The molecule has 21 heavy (non-hydrogen) atoms. The lowest BCUT2D eigenvalue weighted by Crippen LogP contribution is -2.10. The Balaban J connectivity index is 2.28. The molecule has 0 atom stereocenters. The van der Waals surface area contributed by atoms with Gasteiger partial charge in [-0.15, -0.1) is 16.7 Å². The minimum atomic E-state index is -0.953. The molecule has 0 spiro atoms. The molecule has 1 heterocycles. The number of alkyl halides is 1. The van der Waals surface area contributed by atoms with Crippen LogP contribution in [0.25, 0.3) is 0 Å². The monoisotopic (exact) mass is 315 g/mol. The number of rotatable bonds is 5. The molecule has 112 valence electrons. The van der Waals surface area contributed by atoms with Crippen molar-refractivity contribution >= 4 is 17.6 Å². The average molecular weight is 316 g/mol. The Bertz CT molecular complexity index is 661. The van der Waals surface area contributed by atoms with Crippen LogP contribution < -0.4 is 0 Å². The van der Waals surface area contributed by atoms with Crippen LogP contribution in [-0.2, 0) is 17.2 Å². The van der Waals surface area contributed by atoms with Crippen molar-refractivity contribution in [2.24, 2.45) is 0 Å². The van der Waals surface area contributed by atoms with E-state index in [-0.39, 0.29) is 24.7 Å². The van der Waals surface area contributed by atoms with E-state index in [1.54, 1.807) is 6.92 Å². The van der Waals surface area contributed by atoms with Gasteiger partial charge in [0, 0.05) is 0 Å². The lowest BCUT2D eigenvalue weighted by Gasteiger charge is -2.06. The molecule has 0 bridgehead atoms. The summed E-state index contributed by atoms with van der Waals surface area (Å²) in [5.41, 5.74) is 0.856. The van der Waals surface area contributed by atoms with Crippen molar-refractivity contribution < 1.29 is 18.3 Å². The van der Waals surface area contributed by atoms with E-state index in [0.717, 1.165) is 12.1 Å². The van der Waals surface area contributed by atoms with Crippen molar-refractivity contribution in [2.45, 2.75) is 19.3 Å². The Morgan fingerprint density at radius 1 is 1.38 bits per heavy atom. The molecular formula is C13H12ClF2N3O2. The Kier molecular flexibility index (Phi) is 4.85. The summed E-state index contributed by atoms with van der Waals surface area (Å²) in [5, 5.41) is 7.53. The second-order valence-corrected chi connectivity index (χ2v) is 4.41. The zero-order valence-electron chi connectivity index (χ0n) is 11.1. The third-order valence-corrected chi connectivity index (χ3v) is 3.00. The summed E-state index contributed by atoms with van der Waals surface area (Å²) in [4.78, 5) is 11.7. The van der Waals surface area contributed by atoms with E-state index in [1.165, 1.54) is 10.7 Å². The van der Waals surface area contributed by atoms with E-state index >= 15 is 0 Å². The van der Waals surface area contributed by atoms with Gasteiger partial charge in [0.25, 0.3) is 0 Å². The van der Waals surface area contributed by atoms with Gasteiger partial charge in [0.05, 0.1) is 24.7 Å². The number of ether oxygens (including phenoxy) is 1. The lowest BCUT2D eigenvalue weighted by molar-refractivity contribution is 0.0518. The molecule has 8 heteroatoms. The van der Waals surface area contributed by atoms with Crippen LogP contribution in [-0.4, -0.2) is 27.6 Å². The van der Waals surface area contributed by atoms with Gasteiger partial charge in [0.1, 0.15) is 0 Å². The highest BCUT2D eigenvalue weighted by atomic mass is 35.5. The molecule has 0 radical (unpaired) electrons. The van der Waals surface area contributed by atoms with Crippen molar-refractivity contribution in [3.63, 3.8) is 0 Å². The quantitative estimate of drug-likeness (QED) is 0.628. The zero-order chi connectivity index (χ0) is 15.4. The van der Waals surface area contributed by atoms with Gasteiger partial charge in [-0.25, -0.2) is 18.3 Å². The fourth-order valence-electron chi connectivity index (χ4n) is 1.76. The number of hydrogen-bond acceptors (Lipinski definition) is 4. The number of nitrogens with zero attached hydrogens (tertiary/aromatic N) is 3. The first-order valence-corrected chi connectivity index (χ1v) is 6.69. The summed E-state index contributed by atoms with van der Waals surface area (Å²) >= 11 is 5.80. The van der Waals surface area contributed by atoms with Gasteiger partial charge in [-0.1, -0.05) is 11.3 Å². The van der Waals surface area contributed by atoms with Crippen molar-refractivity contribution in [3.05, 3.63) is 46.8 Å². The van der Waals surface area contributed by atoms with E-state index in [9.17, 15) is 13.6 Å². The van der Waals surface area contributed by atoms with E-state index in [0.29, 0.717) is 11.3 Å². The zero-order valence-corrected chi connectivity index (χ0v) is 11.9. The molecule has 0 fully saturated rings. The molecule has 1 aromatic heterocycles. The number of aromatic nitrogens is 3. The standard InChI is InChI=1S/C13H12ClF2N3O2/c1-2-21-13(20)12-11(6-14)19(18-17-12)7-8-3-4-9(15)10(16)5-8/h3-5H,2,6-7H2,1H3. The highest BCUT2D eigenvalue weighted by Gasteiger charge is 2.20. The van der Waals surface area contributed by atoms with E-state index in [1.807, 2.05) is 0 Å². The molecule has 2 rings (SSSR count). The van der Waals surface area contributed by atoms with Crippen LogP contribution in [0.4, 0.5) is 8.78 Å². The highest BCUT2D eigenvalue weighted by Crippen LogP contribution is 2.14. The molecule has 0 amide bonds. The van der Waals surface area contributed by atoms with Crippen molar-refractivity contribution in [1.82, 2.24) is 15.0 Å². The second-order valence-electron chi connectivity index (χ2n) is 4.14. The Morgan fingerprint density at radius 3 is 2.76 bits per heavy atom. The summed E-state index contributed by atoms with van der Waals surface area (Å²) in [6.45, 7) is 1.99. The van der Waals surface area contributed by atoms with Crippen LogP contribution in [0.3, 0.4) is 0 Å². The number of carbonyl (C=O) groups excluding carboxylic acids is 1. The van der Waals surface area contributed by atoms with Crippen LogP contribution in [0, 0.1) is 11.6 Å². The van der Waals surface area contributed by atoms with E-state index < -0.39 is 17.6 Å². The highest BCUT2D eigenvalue weighted by molar-refractivity contribution is 6.17. The molecule has 0 saturated heterocycles. The maximum absolute atomic E-state index is 13.2. The van der Waals surface area contributed by atoms with Gasteiger partial charge >= 0.3 is 5.97 Å². The minimum Gasteiger partial charge on any atom is -0.461 e. The normalized spacial score (nSPS) is 10.7. The summed E-state index contributed by atoms with van der Waals surface area (Å²) in [6.07, 6.45) is 0. The molecule has 5 nitrogen and oxygen atoms in total. The predicted octanol–water partition coefficient (Wildman–Crippen LogP) is 2.52. The molecule has 1 aromatic carbocycles. The van der Waals surface area contributed by atoms with Gasteiger partial charge in [-0.2, -0.15) is 0 Å². The minimum absolute atomic E-state index is 0.00910. The van der Waals surface area contributed by atoms with Crippen molar-refractivity contribution in [2.75, 3.05) is 6.61 Å².